The van der Waals surface area contributed by atoms with Gasteiger partial charge in [-0.05, 0) is 60.6 Å². The lowest BCUT2D eigenvalue weighted by atomic mass is 10.2. The zero-order valence-electron chi connectivity index (χ0n) is 18.9. The first kappa shape index (κ1) is 24.3. The first-order valence-corrected chi connectivity index (χ1v) is 11.7. The van der Waals surface area contributed by atoms with Gasteiger partial charge in [0.2, 0.25) is 0 Å². The summed E-state index contributed by atoms with van der Waals surface area (Å²) in [5.41, 5.74) is 2.46. The van der Waals surface area contributed by atoms with Gasteiger partial charge in [-0.1, -0.05) is 62.2 Å². The standard InChI is InChI=1S/C27H30N2O3S/c1-2-3-9-19-32-25-13-8-7-12-24(25)26(30)29-27(33)28-22-14-16-23(17-15-22)31-20-18-21-10-5-4-6-11-21/h4-8,10-17H,2-3,9,18-20H2,1H3,(H2,28,29,30,33). The fourth-order valence-corrected chi connectivity index (χ4v) is 3.42. The lowest BCUT2D eigenvalue weighted by Gasteiger charge is -2.13. The van der Waals surface area contributed by atoms with Gasteiger partial charge < -0.3 is 14.8 Å². The third kappa shape index (κ3) is 8.24. The van der Waals surface area contributed by atoms with Crippen LogP contribution in [0.2, 0.25) is 0 Å². The lowest BCUT2D eigenvalue weighted by Crippen LogP contribution is -2.34. The van der Waals surface area contributed by atoms with Crippen LogP contribution in [0.25, 0.3) is 0 Å². The number of hydrogen-bond acceptors (Lipinski definition) is 4. The summed E-state index contributed by atoms with van der Waals surface area (Å²) in [5.74, 6) is 1.03. The highest BCUT2D eigenvalue weighted by molar-refractivity contribution is 7.80. The van der Waals surface area contributed by atoms with Crippen molar-refractivity contribution in [1.29, 1.82) is 0 Å². The molecule has 0 radical (unpaired) electrons. The monoisotopic (exact) mass is 462 g/mol. The fraction of sp³-hybridized carbons (Fsp3) is 0.259. The summed E-state index contributed by atoms with van der Waals surface area (Å²) in [6, 6.07) is 24.9. The summed E-state index contributed by atoms with van der Waals surface area (Å²) in [4.78, 5) is 12.7. The lowest BCUT2D eigenvalue weighted by molar-refractivity contribution is 0.0973. The van der Waals surface area contributed by atoms with Crippen molar-refractivity contribution in [3.05, 3.63) is 90.0 Å². The van der Waals surface area contributed by atoms with Gasteiger partial charge in [-0.15, -0.1) is 0 Å². The van der Waals surface area contributed by atoms with Gasteiger partial charge in [0.25, 0.3) is 5.91 Å². The van der Waals surface area contributed by atoms with Crippen LogP contribution in [-0.4, -0.2) is 24.2 Å². The van der Waals surface area contributed by atoms with E-state index >= 15 is 0 Å². The van der Waals surface area contributed by atoms with E-state index in [0.717, 1.165) is 37.1 Å². The van der Waals surface area contributed by atoms with Gasteiger partial charge in [0.05, 0.1) is 18.8 Å². The topological polar surface area (TPSA) is 59.6 Å². The Morgan fingerprint density at radius 1 is 0.848 bits per heavy atom. The van der Waals surface area contributed by atoms with Crippen LogP contribution in [-0.2, 0) is 6.42 Å². The third-order valence-corrected chi connectivity index (χ3v) is 5.18. The number of amides is 1. The number of carbonyl (C=O) groups is 1. The van der Waals surface area contributed by atoms with E-state index in [1.54, 1.807) is 18.2 Å². The Bertz CT molecular complexity index is 1020. The average Bonchev–Trinajstić information content (AvgIpc) is 2.84. The largest absolute Gasteiger partial charge is 0.493 e. The molecule has 0 atom stereocenters. The molecule has 5 nitrogen and oxygen atoms in total. The number of benzene rings is 3. The van der Waals surface area contributed by atoms with Crippen molar-refractivity contribution in [3.63, 3.8) is 0 Å². The highest BCUT2D eigenvalue weighted by Gasteiger charge is 2.13. The molecule has 2 N–H and O–H groups in total. The summed E-state index contributed by atoms with van der Waals surface area (Å²) in [7, 11) is 0. The molecule has 0 aliphatic carbocycles. The summed E-state index contributed by atoms with van der Waals surface area (Å²) < 4.78 is 11.6. The summed E-state index contributed by atoms with van der Waals surface area (Å²) in [6.07, 6.45) is 4.02. The van der Waals surface area contributed by atoms with E-state index < -0.39 is 0 Å². The van der Waals surface area contributed by atoms with Crippen LogP contribution in [0.5, 0.6) is 11.5 Å². The van der Waals surface area contributed by atoms with Gasteiger partial charge in [-0.2, -0.15) is 0 Å². The van der Waals surface area contributed by atoms with Gasteiger partial charge in [-0.25, -0.2) is 0 Å². The Balaban J connectivity index is 1.47. The Labute approximate surface area is 201 Å². The van der Waals surface area contributed by atoms with E-state index in [9.17, 15) is 4.79 Å². The molecule has 6 heteroatoms. The van der Waals surface area contributed by atoms with Crippen LogP contribution in [0.1, 0.15) is 42.1 Å². The molecule has 0 unspecified atom stereocenters. The van der Waals surface area contributed by atoms with Crippen molar-refractivity contribution >= 4 is 28.9 Å². The second-order valence-corrected chi connectivity index (χ2v) is 7.98. The maximum Gasteiger partial charge on any atom is 0.261 e. The molecule has 3 aromatic rings. The van der Waals surface area contributed by atoms with Gasteiger partial charge in [-0.3, -0.25) is 10.1 Å². The van der Waals surface area contributed by atoms with Crippen LogP contribution in [0.15, 0.2) is 78.9 Å². The van der Waals surface area contributed by atoms with Crippen LogP contribution in [0.3, 0.4) is 0 Å². The number of thiocarbonyl (C=S) groups is 1. The van der Waals surface area contributed by atoms with Crippen LogP contribution in [0.4, 0.5) is 5.69 Å². The second kappa shape index (κ2) is 13.2. The molecule has 0 aromatic heterocycles. The third-order valence-electron chi connectivity index (χ3n) is 4.98. The first-order chi connectivity index (χ1) is 16.2. The number of hydrogen-bond donors (Lipinski definition) is 2. The van der Waals surface area contributed by atoms with E-state index in [1.165, 1.54) is 5.56 Å². The van der Waals surface area contributed by atoms with E-state index in [2.05, 4.69) is 29.7 Å². The SMILES string of the molecule is CCCCCOc1ccccc1C(=O)NC(=S)Nc1ccc(OCCc2ccccc2)cc1. The van der Waals surface area contributed by atoms with E-state index in [4.69, 9.17) is 21.7 Å². The minimum Gasteiger partial charge on any atom is -0.493 e. The molecule has 0 spiro atoms. The minimum atomic E-state index is -0.306. The number of unbranched alkanes of at least 4 members (excludes halogenated alkanes) is 2. The molecule has 0 aliphatic rings. The molecule has 0 aliphatic heterocycles. The Hall–Kier alpha value is -3.38. The van der Waals surface area contributed by atoms with Crippen molar-refractivity contribution in [2.24, 2.45) is 0 Å². The highest BCUT2D eigenvalue weighted by atomic mass is 32.1. The molecule has 3 rings (SSSR count). The van der Waals surface area contributed by atoms with Crippen molar-refractivity contribution < 1.29 is 14.3 Å². The second-order valence-electron chi connectivity index (χ2n) is 7.57. The van der Waals surface area contributed by atoms with Crippen molar-refractivity contribution in [3.8, 4) is 11.5 Å². The predicted molar refractivity (Wildman–Crippen MR) is 137 cm³/mol. The normalized spacial score (nSPS) is 10.3. The van der Waals surface area contributed by atoms with Gasteiger partial charge >= 0.3 is 0 Å². The Morgan fingerprint density at radius 3 is 2.33 bits per heavy atom. The summed E-state index contributed by atoms with van der Waals surface area (Å²) in [6.45, 7) is 3.33. The van der Waals surface area contributed by atoms with Crippen molar-refractivity contribution in [2.75, 3.05) is 18.5 Å². The Morgan fingerprint density at radius 2 is 1.58 bits per heavy atom. The first-order valence-electron chi connectivity index (χ1n) is 11.3. The van der Waals surface area contributed by atoms with Crippen LogP contribution >= 0.6 is 12.2 Å². The molecule has 0 fully saturated rings. The maximum atomic E-state index is 12.7. The zero-order valence-corrected chi connectivity index (χ0v) is 19.7. The fourth-order valence-electron chi connectivity index (χ4n) is 3.21. The maximum absolute atomic E-state index is 12.7. The molecule has 0 heterocycles. The molecular formula is C27H30N2O3S. The number of anilines is 1. The zero-order chi connectivity index (χ0) is 23.3. The van der Waals surface area contributed by atoms with E-state index in [0.29, 0.717) is 24.5 Å². The van der Waals surface area contributed by atoms with Crippen LogP contribution in [0, 0.1) is 0 Å². The predicted octanol–water partition coefficient (Wildman–Crippen LogP) is 6.00. The number of carbonyl (C=O) groups excluding carboxylic acids is 1. The molecule has 3 aromatic carbocycles. The van der Waals surface area contributed by atoms with E-state index in [-0.39, 0.29) is 11.0 Å². The highest BCUT2D eigenvalue weighted by Crippen LogP contribution is 2.19. The number of ether oxygens (including phenoxy) is 2. The van der Waals surface area contributed by atoms with Crippen molar-refractivity contribution in [1.82, 2.24) is 5.32 Å². The minimum absolute atomic E-state index is 0.221. The molecule has 0 saturated carbocycles. The molecule has 1 amide bonds. The molecule has 172 valence electrons. The van der Waals surface area contributed by atoms with Crippen LogP contribution < -0.4 is 20.1 Å². The van der Waals surface area contributed by atoms with E-state index in [1.807, 2.05) is 48.5 Å². The molecule has 33 heavy (non-hydrogen) atoms. The number of nitrogens with one attached hydrogen (secondary N) is 2. The average molecular weight is 463 g/mol. The summed E-state index contributed by atoms with van der Waals surface area (Å²) in [5, 5.41) is 5.98. The molecule has 0 saturated heterocycles. The molecule has 0 bridgehead atoms. The molecular weight excluding hydrogens is 432 g/mol. The Kier molecular flexibility index (Phi) is 9.73. The summed E-state index contributed by atoms with van der Waals surface area (Å²) >= 11 is 5.32. The number of para-hydroxylation sites is 1. The number of rotatable bonds is 11. The van der Waals surface area contributed by atoms with Crippen molar-refractivity contribution in [2.45, 2.75) is 32.6 Å². The van der Waals surface area contributed by atoms with Gasteiger partial charge in [0.1, 0.15) is 11.5 Å². The van der Waals surface area contributed by atoms with Gasteiger partial charge in [0, 0.05) is 12.1 Å². The smallest absolute Gasteiger partial charge is 0.261 e. The quantitative estimate of drug-likeness (QED) is 0.270. The van der Waals surface area contributed by atoms with Gasteiger partial charge in [0.15, 0.2) is 5.11 Å².